The molecular weight excluding hydrogens is 279 g/mol. The fourth-order valence-corrected chi connectivity index (χ4v) is 2.02. The first-order valence-electron chi connectivity index (χ1n) is 7.28. The van der Waals surface area contributed by atoms with Gasteiger partial charge in [-0.05, 0) is 18.6 Å². The van der Waals surface area contributed by atoms with Gasteiger partial charge in [-0.15, -0.1) is 0 Å². The van der Waals surface area contributed by atoms with Gasteiger partial charge < -0.3 is 4.74 Å². The van der Waals surface area contributed by atoms with E-state index in [2.05, 4.69) is 9.88 Å². The second-order valence-electron chi connectivity index (χ2n) is 3.91. The Hall–Kier alpha value is -0.710. The van der Waals surface area contributed by atoms with E-state index in [4.69, 9.17) is 16.3 Å². The number of halogens is 2. The number of nitrogens with zero attached hydrogens (tertiary/aromatic N) is 2. The minimum absolute atomic E-state index is 0.254. The highest BCUT2D eigenvalue weighted by molar-refractivity contribution is 6.29. The lowest BCUT2D eigenvalue weighted by Gasteiger charge is -2.26. The molecule has 1 saturated heterocycles. The third-order valence-electron chi connectivity index (χ3n) is 2.65. The summed E-state index contributed by atoms with van der Waals surface area (Å²) in [5.74, 6) is -0.254. The van der Waals surface area contributed by atoms with Gasteiger partial charge in [-0.1, -0.05) is 39.3 Å². The average molecular weight is 305 g/mol. The van der Waals surface area contributed by atoms with Gasteiger partial charge in [-0.25, -0.2) is 9.37 Å². The lowest BCUT2D eigenvalue weighted by Crippen LogP contribution is -2.36. The Morgan fingerprint density at radius 3 is 2.35 bits per heavy atom. The summed E-state index contributed by atoms with van der Waals surface area (Å²) in [7, 11) is 0. The maximum Gasteiger partial charge on any atom is 0.149 e. The predicted molar refractivity (Wildman–Crippen MR) is 82.7 cm³/mol. The normalized spacial score (nSPS) is 14.8. The molecule has 0 bridgehead atoms. The van der Waals surface area contributed by atoms with Crippen molar-refractivity contribution < 1.29 is 9.13 Å². The molecular formula is C15H26ClFN2O. The van der Waals surface area contributed by atoms with E-state index in [1.807, 2.05) is 27.7 Å². The Morgan fingerprint density at radius 2 is 1.80 bits per heavy atom. The summed E-state index contributed by atoms with van der Waals surface area (Å²) in [6.07, 6.45) is 0. The van der Waals surface area contributed by atoms with Crippen molar-refractivity contribution in [3.8, 4) is 0 Å². The number of ether oxygens (including phenoxy) is 1. The topological polar surface area (TPSA) is 25.4 Å². The van der Waals surface area contributed by atoms with Crippen molar-refractivity contribution in [2.75, 3.05) is 26.3 Å². The Bertz CT molecular complexity index is 382. The van der Waals surface area contributed by atoms with Gasteiger partial charge in [0.15, 0.2) is 0 Å². The first kappa shape index (κ1) is 19.3. The minimum Gasteiger partial charge on any atom is -0.379 e. The number of morpholine rings is 1. The predicted octanol–water partition coefficient (Wildman–Crippen LogP) is 4.07. The second kappa shape index (κ2) is 11.0. The Morgan fingerprint density at radius 1 is 1.25 bits per heavy atom. The molecule has 0 unspecified atom stereocenters. The van der Waals surface area contributed by atoms with Crippen LogP contribution < -0.4 is 0 Å². The standard InChI is InChI=1S/C11H14ClFN2O.2C2H6/c1-8-6-10(12)14-9(11(8)13)7-15-2-4-16-5-3-15;2*1-2/h6H,2-5,7H2,1H3;2*1-2H3. The van der Waals surface area contributed by atoms with E-state index >= 15 is 0 Å². The van der Waals surface area contributed by atoms with Crippen LogP contribution >= 0.6 is 11.6 Å². The molecule has 1 aromatic rings. The maximum absolute atomic E-state index is 13.8. The Labute approximate surface area is 127 Å². The van der Waals surface area contributed by atoms with Gasteiger partial charge in [0.1, 0.15) is 11.0 Å². The SMILES string of the molecule is CC.CC.Cc1cc(Cl)nc(CN2CCOCC2)c1F. The van der Waals surface area contributed by atoms with Crippen LogP contribution in [0.1, 0.15) is 39.0 Å². The molecule has 20 heavy (non-hydrogen) atoms. The van der Waals surface area contributed by atoms with E-state index in [1.165, 1.54) is 0 Å². The van der Waals surface area contributed by atoms with E-state index in [0.29, 0.717) is 36.2 Å². The summed E-state index contributed by atoms with van der Waals surface area (Å²) < 4.78 is 19.0. The molecule has 0 amide bonds. The molecule has 0 saturated carbocycles. The van der Waals surface area contributed by atoms with Crippen molar-refractivity contribution >= 4 is 11.6 Å². The first-order valence-corrected chi connectivity index (χ1v) is 7.66. The molecule has 2 heterocycles. The Balaban J connectivity index is 0.000000829. The molecule has 0 spiro atoms. The van der Waals surface area contributed by atoms with Gasteiger partial charge in [0.05, 0.1) is 18.9 Å². The fraction of sp³-hybridized carbons (Fsp3) is 0.667. The molecule has 1 aromatic heterocycles. The number of aromatic nitrogens is 1. The molecule has 116 valence electrons. The number of hydrogen-bond donors (Lipinski definition) is 0. The van der Waals surface area contributed by atoms with Gasteiger partial charge in [0.25, 0.3) is 0 Å². The molecule has 0 atom stereocenters. The quantitative estimate of drug-likeness (QED) is 0.770. The third-order valence-corrected chi connectivity index (χ3v) is 2.85. The van der Waals surface area contributed by atoms with Gasteiger partial charge in [-0.2, -0.15) is 0 Å². The van der Waals surface area contributed by atoms with E-state index in [1.54, 1.807) is 13.0 Å². The molecule has 0 aromatic carbocycles. The molecule has 1 fully saturated rings. The van der Waals surface area contributed by atoms with Crippen LogP contribution in [0, 0.1) is 12.7 Å². The van der Waals surface area contributed by atoms with E-state index in [0.717, 1.165) is 13.1 Å². The van der Waals surface area contributed by atoms with Crippen LogP contribution in [0.3, 0.4) is 0 Å². The smallest absolute Gasteiger partial charge is 0.149 e. The molecule has 0 aliphatic carbocycles. The summed E-state index contributed by atoms with van der Waals surface area (Å²) in [5, 5.41) is 0.349. The van der Waals surface area contributed by atoms with Crippen molar-refractivity contribution in [1.82, 2.24) is 9.88 Å². The van der Waals surface area contributed by atoms with Gasteiger partial charge in [0.2, 0.25) is 0 Å². The van der Waals surface area contributed by atoms with Crippen LogP contribution in [0.2, 0.25) is 5.15 Å². The summed E-state index contributed by atoms with van der Waals surface area (Å²) in [6.45, 7) is 13.2. The van der Waals surface area contributed by atoms with Crippen molar-refractivity contribution in [1.29, 1.82) is 0 Å². The zero-order valence-electron chi connectivity index (χ0n) is 13.2. The lowest BCUT2D eigenvalue weighted by molar-refractivity contribution is 0.0331. The van der Waals surface area contributed by atoms with Crippen LogP contribution in [0.5, 0.6) is 0 Å². The number of rotatable bonds is 2. The molecule has 3 nitrogen and oxygen atoms in total. The van der Waals surface area contributed by atoms with E-state index in [-0.39, 0.29) is 5.82 Å². The molecule has 1 aliphatic heterocycles. The monoisotopic (exact) mass is 304 g/mol. The first-order chi connectivity index (χ1) is 9.66. The lowest BCUT2D eigenvalue weighted by atomic mass is 10.2. The van der Waals surface area contributed by atoms with E-state index in [9.17, 15) is 4.39 Å². The number of aryl methyl sites for hydroxylation is 1. The molecule has 5 heteroatoms. The van der Waals surface area contributed by atoms with Crippen LogP contribution in [-0.4, -0.2) is 36.2 Å². The highest BCUT2D eigenvalue weighted by Gasteiger charge is 2.15. The third kappa shape index (κ3) is 6.16. The average Bonchev–Trinajstić information content (AvgIpc) is 2.49. The van der Waals surface area contributed by atoms with Crippen molar-refractivity contribution in [2.24, 2.45) is 0 Å². The van der Waals surface area contributed by atoms with Crippen LogP contribution in [-0.2, 0) is 11.3 Å². The highest BCUT2D eigenvalue weighted by Crippen LogP contribution is 2.17. The minimum atomic E-state index is -0.254. The maximum atomic E-state index is 13.8. The number of hydrogen-bond acceptors (Lipinski definition) is 3. The van der Waals surface area contributed by atoms with Crippen LogP contribution in [0.25, 0.3) is 0 Å². The highest BCUT2D eigenvalue weighted by atomic mass is 35.5. The van der Waals surface area contributed by atoms with Crippen molar-refractivity contribution in [3.63, 3.8) is 0 Å². The number of pyridine rings is 1. The summed E-state index contributed by atoms with van der Waals surface area (Å²) in [5.41, 5.74) is 0.968. The molecule has 0 radical (unpaired) electrons. The Kier molecular flexibility index (Phi) is 10.6. The van der Waals surface area contributed by atoms with Gasteiger partial charge in [-0.3, -0.25) is 4.90 Å². The summed E-state index contributed by atoms with van der Waals surface area (Å²) in [6, 6.07) is 1.54. The second-order valence-corrected chi connectivity index (χ2v) is 4.30. The van der Waals surface area contributed by atoms with Crippen molar-refractivity contribution in [2.45, 2.75) is 41.2 Å². The van der Waals surface area contributed by atoms with Gasteiger partial charge >= 0.3 is 0 Å². The zero-order chi connectivity index (χ0) is 15.5. The molecule has 2 rings (SSSR count). The van der Waals surface area contributed by atoms with E-state index < -0.39 is 0 Å². The fourth-order valence-electron chi connectivity index (χ4n) is 1.76. The van der Waals surface area contributed by atoms with Crippen LogP contribution in [0.4, 0.5) is 4.39 Å². The van der Waals surface area contributed by atoms with Crippen molar-refractivity contribution in [3.05, 3.63) is 28.3 Å². The van der Waals surface area contributed by atoms with Gasteiger partial charge in [0, 0.05) is 19.6 Å². The molecule has 0 N–H and O–H groups in total. The van der Waals surface area contributed by atoms with Crippen LogP contribution in [0.15, 0.2) is 6.07 Å². The zero-order valence-corrected chi connectivity index (χ0v) is 13.9. The largest absolute Gasteiger partial charge is 0.379 e. The summed E-state index contributed by atoms with van der Waals surface area (Å²) >= 11 is 5.82. The summed E-state index contributed by atoms with van der Waals surface area (Å²) in [4.78, 5) is 6.15. The molecule has 1 aliphatic rings.